The Labute approximate surface area is 154 Å². The maximum atomic E-state index is 7.08. The summed E-state index contributed by atoms with van der Waals surface area (Å²) in [5.74, 6) is 1.25. The predicted octanol–water partition coefficient (Wildman–Crippen LogP) is 7.34. The van der Waals surface area contributed by atoms with Gasteiger partial charge in [-0.05, 0) is 0 Å². The van der Waals surface area contributed by atoms with Crippen LogP contribution in [-0.2, 0) is 9.49 Å². The molecule has 24 heavy (non-hydrogen) atoms. The van der Waals surface area contributed by atoms with E-state index in [2.05, 4.69) is 51.1 Å². The van der Waals surface area contributed by atoms with E-state index in [0.29, 0.717) is 0 Å². The second-order valence-corrected chi connectivity index (χ2v) is 19.0. The van der Waals surface area contributed by atoms with Crippen LogP contribution >= 0.6 is 0 Å². The Bertz CT molecular complexity index is 499. The second-order valence-electron chi connectivity index (χ2n) is 7.36. The van der Waals surface area contributed by atoms with Crippen LogP contribution in [0.1, 0.15) is 76.8 Å². The van der Waals surface area contributed by atoms with Gasteiger partial charge in [-0.3, -0.25) is 0 Å². The molecule has 0 saturated carbocycles. The predicted molar refractivity (Wildman–Crippen MR) is 109 cm³/mol. The van der Waals surface area contributed by atoms with Gasteiger partial charge in [0.05, 0.1) is 0 Å². The van der Waals surface area contributed by atoms with Crippen molar-refractivity contribution in [1.29, 1.82) is 0 Å². The zero-order chi connectivity index (χ0) is 17.3. The Kier molecular flexibility index (Phi) is 8.72. The summed E-state index contributed by atoms with van der Waals surface area (Å²) in [4.78, 5) is 0. The normalized spacial score (nSPS) is 14.2. The van der Waals surface area contributed by atoms with Crippen molar-refractivity contribution in [2.45, 2.75) is 85.4 Å². The first kappa shape index (κ1) is 19.9. The molecule has 0 unspecified atom stereocenters. The van der Waals surface area contributed by atoms with Crippen molar-refractivity contribution in [3.63, 3.8) is 0 Å². The molecule has 0 spiro atoms. The fourth-order valence-corrected chi connectivity index (χ4v) is 17.2. The molecule has 0 saturated heterocycles. The molecule has 1 nitrogen and oxygen atoms in total. The van der Waals surface area contributed by atoms with Gasteiger partial charge >= 0.3 is 155 Å². The molecule has 2 heteroatoms. The average Bonchev–Trinajstić information content (AvgIpc) is 2.63. The van der Waals surface area contributed by atoms with Crippen LogP contribution < -0.4 is 0 Å². The molecule has 2 rings (SSSR count). The number of unbranched alkanes of at least 4 members (excludes halogenated alkanes) is 3. The van der Waals surface area contributed by atoms with E-state index in [0.717, 1.165) is 6.42 Å². The molecule has 0 aromatic heterocycles. The molecule has 0 aliphatic heterocycles. The van der Waals surface area contributed by atoms with E-state index in [1.54, 1.807) is 0 Å². The number of rotatable bonds is 11. The van der Waals surface area contributed by atoms with Crippen LogP contribution in [0.25, 0.3) is 5.76 Å². The summed E-state index contributed by atoms with van der Waals surface area (Å²) < 4.78 is 11.3. The molecule has 0 fully saturated rings. The molecule has 1 aliphatic carbocycles. The van der Waals surface area contributed by atoms with E-state index in [-0.39, 0.29) is 0 Å². The van der Waals surface area contributed by atoms with Crippen molar-refractivity contribution in [2.24, 2.45) is 0 Å². The zero-order valence-corrected chi connectivity index (χ0v) is 18.9. The third-order valence-electron chi connectivity index (χ3n) is 5.31. The molecule has 0 bridgehead atoms. The van der Waals surface area contributed by atoms with Crippen LogP contribution in [0.3, 0.4) is 0 Å². The Balaban J connectivity index is 2.23. The van der Waals surface area contributed by atoms with E-state index in [1.807, 2.05) is 0 Å². The van der Waals surface area contributed by atoms with E-state index in [9.17, 15) is 0 Å². The van der Waals surface area contributed by atoms with Crippen LogP contribution in [0.2, 0.25) is 13.3 Å². The van der Waals surface area contributed by atoms with Crippen molar-refractivity contribution in [1.82, 2.24) is 0 Å². The van der Waals surface area contributed by atoms with Gasteiger partial charge in [0.15, 0.2) is 0 Å². The summed E-state index contributed by atoms with van der Waals surface area (Å²) >= 11 is -2.56. The Morgan fingerprint density at radius 3 is 2.04 bits per heavy atom. The molecular weight excluding hydrogens is 399 g/mol. The zero-order valence-electron chi connectivity index (χ0n) is 16.1. The van der Waals surface area contributed by atoms with Gasteiger partial charge in [-0.25, -0.2) is 0 Å². The molecule has 0 atom stereocenters. The number of hydrogen-bond acceptors (Lipinski definition) is 1. The van der Waals surface area contributed by atoms with Crippen LogP contribution in [0.5, 0.6) is 0 Å². The van der Waals surface area contributed by atoms with Gasteiger partial charge in [-0.2, -0.15) is 0 Å². The molecule has 0 heterocycles. The van der Waals surface area contributed by atoms with Gasteiger partial charge in [-0.15, -0.1) is 0 Å². The summed E-state index contributed by atoms with van der Waals surface area (Å²) in [5.41, 5.74) is 2.87. The molecular formula is C22H36OSn. The molecule has 1 aromatic rings. The summed E-state index contributed by atoms with van der Waals surface area (Å²) in [5, 5.41) is 0. The first-order valence-corrected chi connectivity index (χ1v) is 17.4. The Morgan fingerprint density at radius 2 is 1.46 bits per heavy atom. The van der Waals surface area contributed by atoms with Gasteiger partial charge in [0.25, 0.3) is 0 Å². The van der Waals surface area contributed by atoms with Crippen LogP contribution in [0.4, 0.5) is 0 Å². The second kappa shape index (κ2) is 10.5. The number of fused-ring (bicyclic) bond motifs is 1. The first-order valence-electron chi connectivity index (χ1n) is 10.2. The van der Waals surface area contributed by atoms with E-state index in [4.69, 9.17) is 3.07 Å². The third-order valence-corrected chi connectivity index (χ3v) is 18.0. The summed E-state index contributed by atoms with van der Waals surface area (Å²) in [6.07, 6.45) is 12.7. The Morgan fingerprint density at radius 1 is 0.875 bits per heavy atom. The van der Waals surface area contributed by atoms with Gasteiger partial charge in [0.1, 0.15) is 0 Å². The van der Waals surface area contributed by atoms with Crippen molar-refractivity contribution in [2.75, 3.05) is 0 Å². The van der Waals surface area contributed by atoms with Crippen molar-refractivity contribution in [3.05, 3.63) is 41.5 Å². The van der Waals surface area contributed by atoms with Gasteiger partial charge < -0.3 is 0 Å². The van der Waals surface area contributed by atoms with Crippen LogP contribution in [0, 0.1) is 0 Å². The van der Waals surface area contributed by atoms with Crippen molar-refractivity contribution in [3.8, 4) is 0 Å². The van der Waals surface area contributed by atoms with Crippen molar-refractivity contribution < 1.29 is 3.07 Å². The number of aryl methyl sites for hydroxylation is 1. The summed E-state index contributed by atoms with van der Waals surface area (Å²) in [6.45, 7) is 6.97. The molecule has 1 aromatic carbocycles. The Hall–Kier alpha value is -0.441. The monoisotopic (exact) mass is 436 g/mol. The van der Waals surface area contributed by atoms with Gasteiger partial charge in [-0.1, -0.05) is 0 Å². The fraction of sp³-hybridized carbons (Fsp3) is 0.636. The number of allylic oxidation sites excluding steroid dienone is 1. The van der Waals surface area contributed by atoms with E-state index >= 15 is 0 Å². The summed E-state index contributed by atoms with van der Waals surface area (Å²) in [7, 11) is 0. The maximum absolute atomic E-state index is 7.08. The number of hydrogen-bond donors (Lipinski definition) is 0. The minimum atomic E-state index is -2.56. The van der Waals surface area contributed by atoms with E-state index < -0.39 is 18.8 Å². The first-order chi connectivity index (χ1) is 11.7. The molecule has 0 radical (unpaired) electrons. The van der Waals surface area contributed by atoms with Crippen LogP contribution in [-0.4, -0.2) is 18.8 Å². The van der Waals surface area contributed by atoms with Gasteiger partial charge in [0, 0.05) is 0 Å². The average molecular weight is 435 g/mol. The fourth-order valence-electron chi connectivity index (χ4n) is 3.80. The summed E-state index contributed by atoms with van der Waals surface area (Å²) in [6, 6.07) is 8.90. The SMILES string of the molecule is CCC[CH2][Sn]([CH2]CCC)([CH2]CCC)[O]C1=CCCc2ccccc21. The molecule has 134 valence electrons. The van der Waals surface area contributed by atoms with E-state index in [1.165, 1.54) is 75.1 Å². The van der Waals surface area contributed by atoms with Gasteiger partial charge in [0.2, 0.25) is 0 Å². The quantitative estimate of drug-likeness (QED) is 0.331. The molecule has 0 N–H and O–H groups in total. The van der Waals surface area contributed by atoms with Crippen molar-refractivity contribution >= 4 is 24.6 Å². The van der Waals surface area contributed by atoms with Crippen LogP contribution in [0.15, 0.2) is 30.3 Å². The number of benzene rings is 1. The molecule has 1 aliphatic rings. The molecule has 0 amide bonds. The minimum absolute atomic E-state index is 1.14. The topological polar surface area (TPSA) is 9.23 Å². The standard InChI is InChI=1S/C10H10O.3C4H9.Sn/c11-10-7-3-5-8-4-1-2-6-9(8)10;3*1-3-4-2;/h1-2,4,6-7,11H,3,5H2;3*1,3-4H2,2H3;/q;;;;+1/p-1. The third kappa shape index (κ3) is 5.54.